The summed E-state index contributed by atoms with van der Waals surface area (Å²) < 4.78 is 10.8. The molecule has 2 aromatic rings. The Balaban J connectivity index is 2.09. The van der Waals surface area contributed by atoms with E-state index in [4.69, 9.17) is 9.47 Å². The molecule has 3 N–H and O–H groups in total. The van der Waals surface area contributed by atoms with E-state index < -0.39 is 47.1 Å². The third-order valence-electron chi connectivity index (χ3n) is 5.81. The van der Waals surface area contributed by atoms with Crippen molar-refractivity contribution in [2.45, 2.75) is 91.1 Å². The molecule has 0 saturated carbocycles. The summed E-state index contributed by atoms with van der Waals surface area (Å²) in [4.78, 5) is 52.1. The highest BCUT2D eigenvalue weighted by Crippen LogP contribution is 2.14. The maximum Gasteiger partial charge on any atom is 0.408 e. The zero-order valence-electron chi connectivity index (χ0n) is 24.6. The lowest BCUT2D eigenvalue weighted by Crippen LogP contribution is -2.61. The highest BCUT2D eigenvalue weighted by molar-refractivity contribution is 5.95. The van der Waals surface area contributed by atoms with Crippen LogP contribution in [0.1, 0.15) is 66.0 Å². The Labute approximate surface area is 237 Å². The smallest absolute Gasteiger partial charge is 0.408 e. The molecule has 9 nitrogen and oxygen atoms in total. The highest BCUT2D eigenvalue weighted by Gasteiger charge is 2.36. The molecule has 2 atom stereocenters. The number of rotatable bonds is 12. The third kappa shape index (κ3) is 11.5. The Morgan fingerprint density at radius 2 is 1.32 bits per heavy atom. The van der Waals surface area contributed by atoms with Crippen molar-refractivity contribution in [3.05, 3.63) is 71.8 Å². The third-order valence-corrected chi connectivity index (χ3v) is 5.81. The van der Waals surface area contributed by atoms with Crippen LogP contribution in [-0.2, 0) is 36.9 Å². The van der Waals surface area contributed by atoms with Crippen molar-refractivity contribution in [3.63, 3.8) is 0 Å². The van der Waals surface area contributed by atoms with Gasteiger partial charge in [0.15, 0.2) is 0 Å². The van der Waals surface area contributed by atoms with Crippen molar-refractivity contribution < 1.29 is 28.7 Å². The average molecular weight is 554 g/mol. The Morgan fingerprint density at radius 3 is 1.85 bits per heavy atom. The summed E-state index contributed by atoms with van der Waals surface area (Å²) in [5.41, 5.74) is -0.490. The van der Waals surface area contributed by atoms with Gasteiger partial charge in [-0.3, -0.25) is 9.59 Å². The van der Waals surface area contributed by atoms with E-state index in [-0.39, 0.29) is 18.9 Å². The lowest BCUT2D eigenvalue weighted by Gasteiger charge is -2.31. The van der Waals surface area contributed by atoms with Crippen LogP contribution in [0.2, 0.25) is 0 Å². The van der Waals surface area contributed by atoms with E-state index >= 15 is 0 Å². The van der Waals surface area contributed by atoms with Crippen molar-refractivity contribution in [1.29, 1.82) is 0 Å². The number of carbonyl (C=O) groups is 4. The van der Waals surface area contributed by atoms with Gasteiger partial charge >= 0.3 is 12.1 Å². The molecule has 0 unspecified atom stereocenters. The minimum Gasteiger partial charge on any atom is -0.458 e. The first-order valence-electron chi connectivity index (χ1n) is 13.5. The Bertz CT molecular complexity index is 1130. The van der Waals surface area contributed by atoms with E-state index in [2.05, 4.69) is 16.0 Å². The molecule has 2 rings (SSSR count). The average Bonchev–Trinajstić information content (AvgIpc) is 2.86. The second-order valence-electron chi connectivity index (χ2n) is 11.8. The van der Waals surface area contributed by atoms with E-state index in [1.807, 2.05) is 74.5 Å². The van der Waals surface area contributed by atoms with Crippen LogP contribution in [0.5, 0.6) is 0 Å². The van der Waals surface area contributed by atoms with E-state index in [1.165, 1.54) is 13.8 Å². The van der Waals surface area contributed by atoms with Gasteiger partial charge in [0.1, 0.15) is 29.8 Å². The zero-order valence-corrected chi connectivity index (χ0v) is 24.6. The molecule has 3 amide bonds. The fraction of sp³-hybridized carbons (Fsp3) is 0.484. The second kappa shape index (κ2) is 14.5. The van der Waals surface area contributed by atoms with Gasteiger partial charge in [-0.15, -0.1) is 0 Å². The molecule has 0 aromatic heterocycles. The van der Waals surface area contributed by atoms with Crippen LogP contribution < -0.4 is 16.0 Å². The summed E-state index contributed by atoms with van der Waals surface area (Å²) in [6.07, 6.45) is -0.186. The zero-order chi connectivity index (χ0) is 29.9. The molecule has 0 aliphatic carbocycles. The van der Waals surface area contributed by atoms with E-state index in [0.29, 0.717) is 6.42 Å². The molecule has 2 aromatic carbocycles. The highest BCUT2D eigenvalue weighted by atomic mass is 16.6. The number of alkyl carbamates (subject to hydrolysis) is 1. The first kappa shape index (κ1) is 32.3. The van der Waals surface area contributed by atoms with Crippen LogP contribution in [0.15, 0.2) is 60.7 Å². The Hall–Kier alpha value is -3.88. The number of hydrogen-bond donors (Lipinski definition) is 3. The summed E-state index contributed by atoms with van der Waals surface area (Å²) in [6.45, 7) is 12.2. The quantitative estimate of drug-likeness (QED) is 0.337. The summed E-state index contributed by atoms with van der Waals surface area (Å²) in [5, 5.41) is 8.09. The molecular weight excluding hydrogens is 510 g/mol. The minimum atomic E-state index is -1.40. The van der Waals surface area contributed by atoms with Crippen molar-refractivity contribution in [1.82, 2.24) is 16.0 Å². The topological polar surface area (TPSA) is 123 Å². The van der Waals surface area contributed by atoms with Crippen LogP contribution in [0.3, 0.4) is 0 Å². The minimum absolute atomic E-state index is 0.0596. The van der Waals surface area contributed by atoms with Gasteiger partial charge in [-0.2, -0.15) is 0 Å². The molecular formula is C31H43N3O6. The standard InChI is InChI=1S/C31H43N3O6/c1-21(2)18-24(33-29(38)39-20-23-16-12-9-13-17-23)26(35)34-31(6,7)28(37)32-25(27(36)40-30(3,4)5)19-22-14-10-8-11-15-22/h8-17,21,24-25H,18-20H2,1-7H3,(H,32,37)(H,33,38)(H,34,35)/t24-,25-/m0/s1. The van der Waals surface area contributed by atoms with Gasteiger partial charge in [-0.25, -0.2) is 9.59 Å². The summed E-state index contributed by atoms with van der Waals surface area (Å²) in [5.74, 6) is -1.61. The van der Waals surface area contributed by atoms with E-state index in [0.717, 1.165) is 11.1 Å². The molecule has 0 spiro atoms. The van der Waals surface area contributed by atoms with Gasteiger partial charge in [0.05, 0.1) is 0 Å². The van der Waals surface area contributed by atoms with Crippen LogP contribution in [0, 0.1) is 5.92 Å². The molecule has 0 fully saturated rings. The second-order valence-corrected chi connectivity index (χ2v) is 11.8. The largest absolute Gasteiger partial charge is 0.458 e. The summed E-state index contributed by atoms with van der Waals surface area (Å²) in [6, 6.07) is 16.6. The maximum absolute atomic E-state index is 13.4. The number of nitrogens with one attached hydrogen (secondary N) is 3. The van der Waals surface area contributed by atoms with Crippen molar-refractivity contribution in [3.8, 4) is 0 Å². The van der Waals surface area contributed by atoms with Gasteiger partial charge in [-0.05, 0) is 58.1 Å². The molecule has 218 valence electrons. The summed E-state index contributed by atoms with van der Waals surface area (Å²) in [7, 11) is 0. The SMILES string of the molecule is CC(C)C[C@H](NC(=O)OCc1ccccc1)C(=O)NC(C)(C)C(=O)N[C@@H](Cc1ccccc1)C(=O)OC(C)(C)C. The van der Waals surface area contributed by atoms with Gasteiger partial charge in [0.2, 0.25) is 11.8 Å². The molecule has 40 heavy (non-hydrogen) atoms. The Morgan fingerprint density at radius 1 is 0.775 bits per heavy atom. The lowest BCUT2D eigenvalue weighted by molar-refractivity contribution is -0.159. The predicted molar refractivity (Wildman–Crippen MR) is 153 cm³/mol. The van der Waals surface area contributed by atoms with Gasteiger partial charge in [0, 0.05) is 6.42 Å². The molecule has 9 heteroatoms. The van der Waals surface area contributed by atoms with Crippen LogP contribution in [-0.4, -0.2) is 47.1 Å². The van der Waals surface area contributed by atoms with Crippen molar-refractivity contribution >= 4 is 23.9 Å². The monoisotopic (exact) mass is 553 g/mol. The van der Waals surface area contributed by atoms with Crippen LogP contribution in [0.25, 0.3) is 0 Å². The first-order valence-corrected chi connectivity index (χ1v) is 13.5. The fourth-order valence-electron chi connectivity index (χ4n) is 3.82. The predicted octanol–water partition coefficient (Wildman–Crippen LogP) is 4.29. The summed E-state index contributed by atoms with van der Waals surface area (Å²) >= 11 is 0. The van der Waals surface area contributed by atoms with E-state index in [9.17, 15) is 19.2 Å². The lowest BCUT2D eigenvalue weighted by atomic mass is 9.98. The number of carbonyl (C=O) groups excluding carboxylic acids is 4. The van der Waals surface area contributed by atoms with Crippen LogP contribution >= 0.6 is 0 Å². The Kier molecular flexibility index (Phi) is 11.7. The number of amides is 3. The number of benzene rings is 2. The number of esters is 1. The molecule has 0 bridgehead atoms. The molecule has 0 heterocycles. The van der Waals surface area contributed by atoms with Gasteiger partial charge in [-0.1, -0.05) is 74.5 Å². The first-order chi connectivity index (χ1) is 18.7. The fourth-order valence-corrected chi connectivity index (χ4v) is 3.82. The van der Waals surface area contributed by atoms with Crippen LogP contribution in [0.4, 0.5) is 4.79 Å². The van der Waals surface area contributed by atoms with Crippen molar-refractivity contribution in [2.75, 3.05) is 0 Å². The molecule has 0 saturated heterocycles. The van der Waals surface area contributed by atoms with Crippen molar-refractivity contribution in [2.24, 2.45) is 5.92 Å². The number of ether oxygens (including phenoxy) is 2. The van der Waals surface area contributed by atoms with Gasteiger partial charge < -0.3 is 25.4 Å². The molecule has 0 aliphatic heterocycles. The number of hydrogen-bond acceptors (Lipinski definition) is 6. The maximum atomic E-state index is 13.4. The molecule has 0 radical (unpaired) electrons. The normalized spacial score (nSPS) is 13.1. The van der Waals surface area contributed by atoms with Gasteiger partial charge in [0.25, 0.3) is 0 Å². The van der Waals surface area contributed by atoms with E-state index in [1.54, 1.807) is 20.8 Å². The molecule has 0 aliphatic rings.